The van der Waals surface area contributed by atoms with Gasteiger partial charge in [0.15, 0.2) is 0 Å². The smallest absolute Gasteiger partial charge is 0.281 e. The summed E-state index contributed by atoms with van der Waals surface area (Å²) in [6.45, 7) is 0. The third kappa shape index (κ3) is 2.66. The Labute approximate surface area is 119 Å². The number of nitrogens with two attached hydrogens (primary N) is 1. The van der Waals surface area contributed by atoms with Gasteiger partial charge in [-0.3, -0.25) is 0 Å². The SMILES string of the molecule is Nc1cc(-c2ncnc(C(F)F)c2Br)c(F)cc1Cl. The molecule has 0 aliphatic rings. The second kappa shape index (κ2) is 5.34. The fourth-order valence-electron chi connectivity index (χ4n) is 1.47. The molecule has 0 bridgehead atoms. The summed E-state index contributed by atoms with van der Waals surface area (Å²) >= 11 is 8.62. The predicted octanol–water partition coefficient (Wildman–Crippen LogP) is 4.22. The highest BCUT2D eigenvalue weighted by Gasteiger charge is 2.20. The molecule has 19 heavy (non-hydrogen) atoms. The van der Waals surface area contributed by atoms with Gasteiger partial charge in [-0.25, -0.2) is 23.1 Å². The average molecular weight is 353 g/mol. The number of aromatic nitrogens is 2. The summed E-state index contributed by atoms with van der Waals surface area (Å²) in [7, 11) is 0. The number of alkyl halides is 2. The Balaban J connectivity index is 2.66. The Morgan fingerprint density at radius 1 is 1.26 bits per heavy atom. The molecule has 0 unspecified atom stereocenters. The van der Waals surface area contributed by atoms with E-state index in [0.717, 1.165) is 12.4 Å². The van der Waals surface area contributed by atoms with Gasteiger partial charge < -0.3 is 5.73 Å². The van der Waals surface area contributed by atoms with Crippen LogP contribution in [0.2, 0.25) is 5.02 Å². The molecule has 0 amide bonds. The second-order valence-electron chi connectivity index (χ2n) is 3.58. The van der Waals surface area contributed by atoms with Crippen LogP contribution in [0.5, 0.6) is 0 Å². The summed E-state index contributed by atoms with van der Waals surface area (Å²) in [5, 5.41) is 0.0421. The van der Waals surface area contributed by atoms with Crippen LogP contribution in [0.25, 0.3) is 11.3 Å². The minimum atomic E-state index is -2.80. The first-order valence-corrected chi connectivity index (χ1v) is 6.12. The molecule has 0 saturated heterocycles. The number of rotatable bonds is 2. The fraction of sp³-hybridized carbons (Fsp3) is 0.0909. The molecule has 1 aromatic heterocycles. The zero-order valence-corrected chi connectivity index (χ0v) is 11.5. The Kier molecular flexibility index (Phi) is 3.96. The zero-order valence-electron chi connectivity index (χ0n) is 9.17. The summed E-state index contributed by atoms with van der Waals surface area (Å²) in [6.07, 6.45) is -1.87. The van der Waals surface area contributed by atoms with Crippen LogP contribution >= 0.6 is 27.5 Å². The van der Waals surface area contributed by atoms with Gasteiger partial charge in [0.2, 0.25) is 0 Å². The van der Waals surface area contributed by atoms with E-state index in [2.05, 4.69) is 25.9 Å². The van der Waals surface area contributed by atoms with Crippen molar-refractivity contribution in [2.24, 2.45) is 0 Å². The van der Waals surface area contributed by atoms with Crippen molar-refractivity contribution < 1.29 is 13.2 Å². The highest BCUT2D eigenvalue weighted by molar-refractivity contribution is 9.10. The molecule has 3 nitrogen and oxygen atoms in total. The predicted molar refractivity (Wildman–Crippen MR) is 69.5 cm³/mol. The maximum absolute atomic E-state index is 13.8. The van der Waals surface area contributed by atoms with Gasteiger partial charge in [0.05, 0.1) is 20.9 Å². The molecular formula is C11H6BrClF3N3. The molecule has 100 valence electrons. The van der Waals surface area contributed by atoms with Crippen LogP contribution < -0.4 is 5.73 Å². The van der Waals surface area contributed by atoms with Crippen molar-refractivity contribution in [2.45, 2.75) is 6.43 Å². The molecule has 2 rings (SSSR count). The Morgan fingerprint density at radius 2 is 1.95 bits per heavy atom. The Morgan fingerprint density at radius 3 is 2.58 bits per heavy atom. The quantitative estimate of drug-likeness (QED) is 0.823. The van der Waals surface area contributed by atoms with E-state index in [1.807, 2.05) is 0 Å². The molecule has 1 heterocycles. The average Bonchev–Trinajstić information content (AvgIpc) is 2.34. The lowest BCUT2D eigenvalue weighted by Crippen LogP contribution is -1.99. The lowest BCUT2D eigenvalue weighted by atomic mass is 10.1. The van der Waals surface area contributed by atoms with E-state index in [1.165, 1.54) is 6.07 Å². The number of hydrogen-bond donors (Lipinski definition) is 1. The minimum absolute atomic E-state index is 0.00818. The standard InChI is InChI=1S/C11H6BrClF3N3/c12-8-9(18-3-19-10(8)11(15)16)4-1-7(17)5(13)2-6(4)14/h1-3,11H,17H2. The molecule has 1 aromatic carbocycles. The summed E-state index contributed by atoms with van der Waals surface area (Å²) in [5.74, 6) is -0.709. The molecule has 0 aliphatic heterocycles. The molecule has 0 radical (unpaired) electrons. The number of nitrogens with zero attached hydrogens (tertiary/aromatic N) is 2. The number of halogens is 5. The van der Waals surface area contributed by atoms with E-state index >= 15 is 0 Å². The van der Waals surface area contributed by atoms with E-state index < -0.39 is 17.9 Å². The highest BCUT2D eigenvalue weighted by Crippen LogP contribution is 2.36. The van der Waals surface area contributed by atoms with Crippen LogP contribution in [0, 0.1) is 5.82 Å². The lowest BCUT2D eigenvalue weighted by Gasteiger charge is -2.09. The first-order valence-electron chi connectivity index (χ1n) is 4.95. The third-order valence-corrected chi connectivity index (χ3v) is 3.47. The summed E-state index contributed by atoms with van der Waals surface area (Å²) in [5.41, 5.74) is 5.14. The maximum Gasteiger partial charge on any atom is 0.281 e. The van der Waals surface area contributed by atoms with Crippen LogP contribution in [0.15, 0.2) is 22.9 Å². The number of anilines is 1. The molecule has 0 spiro atoms. The van der Waals surface area contributed by atoms with Gasteiger partial charge in [-0.05, 0) is 28.1 Å². The Hall–Kier alpha value is -1.34. The number of benzene rings is 1. The highest BCUT2D eigenvalue weighted by atomic mass is 79.9. The largest absolute Gasteiger partial charge is 0.398 e. The monoisotopic (exact) mass is 351 g/mol. The molecule has 8 heteroatoms. The van der Waals surface area contributed by atoms with Gasteiger partial charge in [0.1, 0.15) is 17.8 Å². The normalized spacial score (nSPS) is 11.1. The van der Waals surface area contributed by atoms with Crippen LogP contribution in [-0.4, -0.2) is 9.97 Å². The van der Waals surface area contributed by atoms with E-state index in [9.17, 15) is 13.2 Å². The summed E-state index contributed by atoms with van der Waals surface area (Å²) in [4.78, 5) is 7.24. The zero-order chi connectivity index (χ0) is 14.2. The van der Waals surface area contributed by atoms with Crippen LogP contribution in [0.1, 0.15) is 12.1 Å². The summed E-state index contributed by atoms with van der Waals surface area (Å²) in [6, 6.07) is 2.24. The van der Waals surface area contributed by atoms with Gasteiger partial charge in [-0.1, -0.05) is 11.6 Å². The lowest BCUT2D eigenvalue weighted by molar-refractivity contribution is 0.145. The van der Waals surface area contributed by atoms with E-state index in [0.29, 0.717) is 0 Å². The number of nitrogen functional groups attached to an aromatic ring is 1. The molecule has 0 aliphatic carbocycles. The first-order chi connectivity index (χ1) is 8.91. The van der Waals surface area contributed by atoms with Gasteiger partial charge >= 0.3 is 0 Å². The second-order valence-corrected chi connectivity index (χ2v) is 4.78. The molecule has 0 atom stereocenters. The van der Waals surface area contributed by atoms with Crippen LogP contribution in [0.4, 0.5) is 18.9 Å². The third-order valence-electron chi connectivity index (χ3n) is 2.36. The van der Waals surface area contributed by atoms with Crippen LogP contribution in [-0.2, 0) is 0 Å². The van der Waals surface area contributed by atoms with Crippen LogP contribution in [0.3, 0.4) is 0 Å². The van der Waals surface area contributed by atoms with Crippen molar-refractivity contribution in [1.29, 1.82) is 0 Å². The van der Waals surface area contributed by atoms with Crippen molar-refractivity contribution in [3.63, 3.8) is 0 Å². The minimum Gasteiger partial charge on any atom is -0.398 e. The van der Waals surface area contributed by atoms with Crippen molar-refractivity contribution in [2.75, 3.05) is 5.73 Å². The topological polar surface area (TPSA) is 51.8 Å². The maximum atomic E-state index is 13.8. The molecular weight excluding hydrogens is 346 g/mol. The first kappa shape index (κ1) is 14.1. The molecule has 0 fully saturated rings. The van der Waals surface area contributed by atoms with Crippen molar-refractivity contribution >= 4 is 33.2 Å². The molecule has 0 saturated carbocycles. The van der Waals surface area contributed by atoms with Crippen molar-refractivity contribution in [3.8, 4) is 11.3 Å². The van der Waals surface area contributed by atoms with E-state index in [4.69, 9.17) is 17.3 Å². The van der Waals surface area contributed by atoms with Crippen molar-refractivity contribution in [1.82, 2.24) is 9.97 Å². The van der Waals surface area contributed by atoms with Crippen molar-refractivity contribution in [3.05, 3.63) is 39.5 Å². The van der Waals surface area contributed by atoms with Gasteiger partial charge in [-0.2, -0.15) is 0 Å². The summed E-state index contributed by atoms with van der Waals surface area (Å²) < 4.78 is 39.2. The Bertz CT molecular complexity index is 637. The van der Waals surface area contributed by atoms with E-state index in [-0.39, 0.29) is 26.4 Å². The van der Waals surface area contributed by atoms with Gasteiger partial charge in [-0.15, -0.1) is 0 Å². The number of hydrogen-bond acceptors (Lipinski definition) is 3. The van der Waals surface area contributed by atoms with Gasteiger partial charge in [0, 0.05) is 5.56 Å². The molecule has 2 aromatic rings. The molecule has 2 N–H and O–H groups in total. The fourth-order valence-corrected chi connectivity index (χ4v) is 2.21. The van der Waals surface area contributed by atoms with Gasteiger partial charge in [0.25, 0.3) is 6.43 Å². The van der Waals surface area contributed by atoms with E-state index in [1.54, 1.807) is 0 Å².